The summed E-state index contributed by atoms with van der Waals surface area (Å²) in [4.78, 5) is 25.8. The quantitative estimate of drug-likeness (QED) is 0.134. The second kappa shape index (κ2) is 11.8. The fourth-order valence-corrected chi connectivity index (χ4v) is 6.24. The van der Waals surface area contributed by atoms with E-state index in [-0.39, 0.29) is 18.3 Å². The molecule has 38 heavy (non-hydrogen) atoms. The van der Waals surface area contributed by atoms with Crippen LogP contribution < -0.4 is 5.32 Å². The average Bonchev–Trinajstić information content (AvgIpc) is 3.46. The Morgan fingerprint density at radius 1 is 1.13 bits per heavy atom. The molecule has 0 radical (unpaired) electrons. The molecule has 1 N–H and O–H groups in total. The molecule has 1 amide bonds. The summed E-state index contributed by atoms with van der Waals surface area (Å²) in [6, 6.07) is 20.0. The molecular weight excluding hydrogens is 516 g/mol. The highest BCUT2D eigenvalue weighted by molar-refractivity contribution is 7.99. The van der Waals surface area contributed by atoms with Crippen molar-refractivity contribution in [3.8, 4) is 11.1 Å². The van der Waals surface area contributed by atoms with Crippen LogP contribution in [0.4, 0.5) is 5.00 Å². The third-order valence-electron chi connectivity index (χ3n) is 6.35. The largest absolute Gasteiger partial charge is 0.462 e. The summed E-state index contributed by atoms with van der Waals surface area (Å²) in [7, 11) is 0. The van der Waals surface area contributed by atoms with Gasteiger partial charge in [0.2, 0.25) is 5.91 Å². The molecular formula is C29H28N4O3S2. The second-order valence-electron chi connectivity index (χ2n) is 8.88. The molecule has 0 bridgehead atoms. The first-order chi connectivity index (χ1) is 18.6. The summed E-state index contributed by atoms with van der Waals surface area (Å²) >= 11 is 2.64. The molecule has 2 unspecified atom stereocenters. The molecule has 0 aliphatic heterocycles. The van der Waals surface area contributed by atoms with E-state index in [2.05, 4.69) is 46.4 Å². The molecule has 1 fully saturated rings. The molecule has 7 nitrogen and oxygen atoms in total. The van der Waals surface area contributed by atoms with E-state index < -0.39 is 5.97 Å². The van der Waals surface area contributed by atoms with Crippen LogP contribution in [0.25, 0.3) is 11.1 Å². The lowest BCUT2D eigenvalue weighted by molar-refractivity contribution is -0.113. The third kappa shape index (κ3) is 5.58. The highest BCUT2D eigenvalue weighted by atomic mass is 32.2. The van der Waals surface area contributed by atoms with Crippen molar-refractivity contribution in [2.45, 2.75) is 36.9 Å². The summed E-state index contributed by atoms with van der Waals surface area (Å²) in [5.41, 5.74) is 3.31. The lowest BCUT2D eigenvalue weighted by Crippen LogP contribution is -2.17. The lowest BCUT2D eigenvalue weighted by Gasteiger charge is -2.09. The van der Waals surface area contributed by atoms with Crippen LogP contribution in [-0.4, -0.2) is 39.0 Å². The van der Waals surface area contributed by atoms with Crippen LogP contribution in [0.5, 0.6) is 0 Å². The molecule has 2 atom stereocenters. The molecule has 5 rings (SSSR count). The molecule has 9 heteroatoms. The second-order valence-corrected chi connectivity index (χ2v) is 10.7. The Labute approximate surface area is 229 Å². The van der Waals surface area contributed by atoms with Crippen LogP contribution in [0.2, 0.25) is 0 Å². The summed E-state index contributed by atoms with van der Waals surface area (Å²) in [5.74, 6) is 1.11. The molecule has 2 aromatic heterocycles. The Balaban J connectivity index is 1.29. The van der Waals surface area contributed by atoms with Crippen LogP contribution in [0.1, 0.15) is 46.9 Å². The maximum Gasteiger partial charge on any atom is 0.341 e. The van der Waals surface area contributed by atoms with Crippen LogP contribution >= 0.6 is 23.1 Å². The molecule has 1 aliphatic rings. The number of anilines is 1. The fraction of sp³-hybridized carbons (Fsp3) is 0.241. The van der Waals surface area contributed by atoms with Gasteiger partial charge in [0.15, 0.2) is 5.16 Å². The number of carbonyl (C=O) groups excluding carboxylic acids is 2. The first-order valence-electron chi connectivity index (χ1n) is 12.5. The van der Waals surface area contributed by atoms with E-state index in [1.54, 1.807) is 6.92 Å². The van der Waals surface area contributed by atoms with Crippen LogP contribution in [-0.2, 0) is 16.1 Å². The first kappa shape index (κ1) is 25.9. The third-order valence-corrected chi connectivity index (χ3v) is 8.21. The number of thioether (sulfide) groups is 1. The summed E-state index contributed by atoms with van der Waals surface area (Å²) in [6.45, 7) is 6.47. The van der Waals surface area contributed by atoms with Crippen molar-refractivity contribution in [1.82, 2.24) is 14.8 Å². The smallest absolute Gasteiger partial charge is 0.341 e. The Hall–Kier alpha value is -3.69. The fourth-order valence-electron chi connectivity index (χ4n) is 4.51. The minimum Gasteiger partial charge on any atom is -0.462 e. The van der Waals surface area contributed by atoms with Crippen molar-refractivity contribution in [2.24, 2.45) is 0 Å². The minimum atomic E-state index is -0.455. The van der Waals surface area contributed by atoms with Gasteiger partial charge in [0.05, 0.1) is 12.4 Å². The molecule has 2 heterocycles. The predicted molar refractivity (Wildman–Crippen MR) is 152 cm³/mol. The van der Waals surface area contributed by atoms with Crippen molar-refractivity contribution in [2.75, 3.05) is 17.7 Å². The van der Waals surface area contributed by atoms with Gasteiger partial charge in [0, 0.05) is 23.4 Å². The predicted octanol–water partition coefficient (Wildman–Crippen LogP) is 6.37. The van der Waals surface area contributed by atoms with Gasteiger partial charge in [-0.3, -0.25) is 4.79 Å². The van der Waals surface area contributed by atoms with E-state index >= 15 is 0 Å². The van der Waals surface area contributed by atoms with Crippen molar-refractivity contribution >= 4 is 40.0 Å². The zero-order valence-electron chi connectivity index (χ0n) is 21.0. The number of benzene rings is 2. The SMILES string of the molecule is C=CCn1c(SCC(=O)Nc2scc(-c3ccccc3)c2C(=O)OCC)nnc1C1CC1c1ccccc1. The molecule has 4 aromatic rings. The van der Waals surface area contributed by atoms with E-state index in [4.69, 9.17) is 4.74 Å². The number of hydrogen-bond acceptors (Lipinski definition) is 7. The molecule has 194 valence electrons. The molecule has 1 aliphatic carbocycles. The van der Waals surface area contributed by atoms with Crippen molar-refractivity contribution in [3.63, 3.8) is 0 Å². The lowest BCUT2D eigenvalue weighted by atomic mass is 10.0. The van der Waals surface area contributed by atoms with Crippen molar-refractivity contribution < 1.29 is 14.3 Å². The normalized spacial score (nSPS) is 16.1. The maximum atomic E-state index is 13.0. The number of esters is 1. The number of carbonyl (C=O) groups is 2. The zero-order chi connectivity index (χ0) is 26.5. The first-order valence-corrected chi connectivity index (χ1v) is 14.3. The van der Waals surface area contributed by atoms with Gasteiger partial charge in [-0.2, -0.15) is 0 Å². The summed E-state index contributed by atoms with van der Waals surface area (Å²) in [5, 5.41) is 14.8. The minimum absolute atomic E-state index is 0.128. The molecule has 0 spiro atoms. The Bertz CT molecular complexity index is 1430. The standard InChI is InChI=1S/C29H28N4O3S2/c1-3-15-33-26(22-16-21(22)19-11-7-5-8-12-19)31-32-29(33)38-18-24(34)30-27-25(28(35)36-4-2)23(17-37-27)20-13-9-6-10-14-20/h3,5-14,17,21-22H,1,4,15-16,18H2,2H3,(H,30,34). The van der Waals surface area contributed by atoms with E-state index in [9.17, 15) is 9.59 Å². The highest BCUT2D eigenvalue weighted by Gasteiger charge is 2.43. The Kier molecular flexibility index (Phi) is 8.05. The number of hydrogen-bond donors (Lipinski definition) is 1. The molecule has 2 aromatic carbocycles. The number of rotatable bonds is 11. The van der Waals surface area contributed by atoms with Gasteiger partial charge in [-0.1, -0.05) is 78.5 Å². The monoisotopic (exact) mass is 544 g/mol. The number of allylic oxidation sites excluding steroid dienone is 1. The van der Waals surface area contributed by atoms with E-state index in [1.165, 1.54) is 28.7 Å². The molecule has 1 saturated carbocycles. The van der Waals surface area contributed by atoms with Gasteiger partial charge >= 0.3 is 5.97 Å². The Morgan fingerprint density at radius 3 is 2.58 bits per heavy atom. The van der Waals surface area contributed by atoms with Crippen molar-refractivity contribution in [3.05, 3.63) is 95.6 Å². The highest BCUT2D eigenvalue weighted by Crippen LogP contribution is 2.54. The van der Waals surface area contributed by atoms with Crippen LogP contribution in [0, 0.1) is 0 Å². The van der Waals surface area contributed by atoms with Gasteiger partial charge in [-0.15, -0.1) is 28.1 Å². The van der Waals surface area contributed by atoms with Gasteiger partial charge in [0.1, 0.15) is 16.4 Å². The van der Waals surface area contributed by atoms with Crippen LogP contribution in [0.15, 0.2) is 83.9 Å². The maximum absolute atomic E-state index is 13.0. The number of thiophene rings is 1. The number of nitrogens with one attached hydrogen (secondary N) is 1. The Morgan fingerprint density at radius 2 is 1.87 bits per heavy atom. The van der Waals surface area contributed by atoms with Gasteiger partial charge in [-0.05, 0) is 30.4 Å². The summed E-state index contributed by atoms with van der Waals surface area (Å²) in [6.07, 6.45) is 2.85. The topological polar surface area (TPSA) is 86.1 Å². The van der Waals surface area contributed by atoms with E-state index in [0.29, 0.717) is 34.1 Å². The number of ether oxygens (including phenoxy) is 1. The van der Waals surface area contributed by atoms with Crippen LogP contribution in [0.3, 0.4) is 0 Å². The zero-order valence-corrected chi connectivity index (χ0v) is 22.6. The average molecular weight is 545 g/mol. The number of amides is 1. The van der Waals surface area contributed by atoms with Gasteiger partial charge in [-0.25, -0.2) is 4.79 Å². The van der Waals surface area contributed by atoms with Crippen molar-refractivity contribution in [1.29, 1.82) is 0 Å². The summed E-state index contributed by atoms with van der Waals surface area (Å²) < 4.78 is 7.34. The molecule has 0 saturated heterocycles. The van der Waals surface area contributed by atoms with Gasteiger partial charge in [0.25, 0.3) is 0 Å². The van der Waals surface area contributed by atoms with E-state index in [0.717, 1.165) is 23.4 Å². The van der Waals surface area contributed by atoms with E-state index in [1.807, 2.05) is 52.4 Å². The number of aromatic nitrogens is 3. The van der Waals surface area contributed by atoms with Gasteiger partial charge < -0.3 is 14.6 Å². The number of nitrogens with zero attached hydrogens (tertiary/aromatic N) is 3.